The summed E-state index contributed by atoms with van der Waals surface area (Å²) in [5.41, 5.74) is 0.169. The molecule has 64 heavy (non-hydrogen) atoms. The number of amides is 4. The van der Waals surface area contributed by atoms with Gasteiger partial charge in [-0.05, 0) is 83.5 Å². The molecule has 344 valence electrons. The van der Waals surface area contributed by atoms with Crippen LogP contribution in [-0.4, -0.2) is 121 Å². The standard InChI is InChI=1S/C43H48IN3O17/c44-31-8-4-6-29(23-31)42(62)45-11-1-2-12-46(24-41(60)61)37(53)18-27(21-40(58)59)16-33(49)14-25(19-38(54)55)13-32(48)15-26(20-39(56)57)17-34(50)28-5-3-7-30(22-28)43(63)64-47-35(51)9-10-36(47)52/h3-8,22-23,25-27H,1-2,9-21,24H2,(H,45,62)(H,54,55)(H,56,57)(H,58,59)(H,60,61)/t25-,26+,27-/m1/s1. The van der Waals surface area contributed by atoms with E-state index in [9.17, 15) is 78.0 Å². The molecule has 3 atom stereocenters. The Labute approximate surface area is 379 Å². The quantitative estimate of drug-likeness (QED) is 0.0337. The number of halogens is 1. The zero-order chi connectivity index (χ0) is 47.5. The summed E-state index contributed by atoms with van der Waals surface area (Å²) in [6, 6.07) is 11.9. The number of imide groups is 1. The van der Waals surface area contributed by atoms with Crippen molar-refractivity contribution in [1.82, 2.24) is 15.3 Å². The van der Waals surface area contributed by atoms with E-state index in [1.54, 1.807) is 18.2 Å². The molecule has 20 nitrogen and oxygen atoms in total. The highest BCUT2D eigenvalue weighted by atomic mass is 127. The SMILES string of the molecule is O=C(O)C[C@@H](CC(=O)C[C@@H](CC(=O)O)CC(=O)N(CCCCNC(=O)c1cccc(I)c1)CC(=O)O)CC(=O)C[C@H](CC(=O)O)CC(=O)c1cccc(C(=O)ON2C(=O)CCC2=O)c1. The van der Waals surface area contributed by atoms with Gasteiger partial charge in [0.1, 0.15) is 18.1 Å². The molecule has 0 aromatic heterocycles. The van der Waals surface area contributed by atoms with Crippen LogP contribution in [0.2, 0.25) is 0 Å². The molecule has 0 aliphatic carbocycles. The number of carboxylic acid groups (broad SMARTS) is 4. The number of rotatable bonds is 29. The second-order valence-electron chi connectivity index (χ2n) is 15.3. The number of carboxylic acids is 4. The number of hydrogen-bond acceptors (Lipinski definition) is 13. The third kappa shape index (κ3) is 18.5. The fraction of sp³-hybridized carbons (Fsp3) is 0.442. The van der Waals surface area contributed by atoms with Gasteiger partial charge in [0, 0.05) is 98.4 Å². The first kappa shape index (κ1) is 52.0. The number of ketones is 3. The van der Waals surface area contributed by atoms with Crippen molar-refractivity contribution in [3.63, 3.8) is 0 Å². The highest BCUT2D eigenvalue weighted by Crippen LogP contribution is 2.26. The Morgan fingerprint density at radius 3 is 1.66 bits per heavy atom. The largest absolute Gasteiger partial charge is 0.481 e. The van der Waals surface area contributed by atoms with E-state index in [1.807, 2.05) is 6.07 Å². The van der Waals surface area contributed by atoms with E-state index in [2.05, 4.69) is 27.9 Å². The van der Waals surface area contributed by atoms with Crippen LogP contribution in [0.25, 0.3) is 0 Å². The van der Waals surface area contributed by atoms with Gasteiger partial charge in [-0.15, -0.1) is 5.06 Å². The van der Waals surface area contributed by atoms with E-state index in [1.165, 1.54) is 18.2 Å². The van der Waals surface area contributed by atoms with E-state index >= 15 is 0 Å². The number of nitrogens with zero attached hydrogens (tertiary/aromatic N) is 2. The number of carbonyl (C=O) groups excluding carboxylic acids is 8. The summed E-state index contributed by atoms with van der Waals surface area (Å²) in [7, 11) is 0. The molecule has 0 bridgehead atoms. The van der Waals surface area contributed by atoms with E-state index in [-0.39, 0.29) is 49.4 Å². The Hall–Kier alpha value is -6.39. The normalized spacial score (nSPS) is 13.6. The molecule has 2 aromatic rings. The lowest BCUT2D eigenvalue weighted by Gasteiger charge is -2.24. The summed E-state index contributed by atoms with van der Waals surface area (Å²) >= 11 is 2.07. The molecule has 3 rings (SSSR count). The molecular formula is C43H48IN3O17. The average molecular weight is 1010 g/mol. The minimum Gasteiger partial charge on any atom is -0.481 e. The topological polar surface area (TPSA) is 314 Å². The van der Waals surface area contributed by atoms with E-state index in [0.29, 0.717) is 17.0 Å². The van der Waals surface area contributed by atoms with Crippen molar-refractivity contribution in [3.8, 4) is 0 Å². The van der Waals surface area contributed by atoms with Crippen LogP contribution < -0.4 is 5.32 Å². The molecule has 0 saturated carbocycles. The zero-order valence-corrected chi connectivity index (χ0v) is 36.7. The van der Waals surface area contributed by atoms with Crippen molar-refractivity contribution in [2.45, 2.75) is 83.5 Å². The maximum Gasteiger partial charge on any atom is 0.363 e. The van der Waals surface area contributed by atoms with E-state index < -0.39 is 147 Å². The van der Waals surface area contributed by atoms with Gasteiger partial charge in [0.25, 0.3) is 17.7 Å². The molecule has 5 N–H and O–H groups in total. The van der Waals surface area contributed by atoms with Gasteiger partial charge in [0.15, 0.2) is 5.78 Å². The second-order valence-corrected chi connectivity index (χ2v) is 16.6. The van der Waals surface area contributed by atoms with Crippen LogP contribution in [0.3, 0.4) is 0 Å². The van der Waals surface area contributed by atoms with E-state index in [4.69, 9.17) is 4.84 Å². The van der Waals surface area contributed by atoms with Crippen molar-refractivity contribution >= 4 is 93.4 Å². The minimum atomic E-state index is -1.38. The van der Waals surface area contributed by atoms with Crippen LogP contribution in [0.5, 0.6) is 0 Å². The molecule has 1 heterocycles. The summed E-state index contributed by atoms with van der Waals surface area (Å²) < 4.78 is 0.864. The lowest BCUT2D eigenvalue weighted by molar-refractivity contribution is -0.172. The van der Waals surface area contributed by atoms with Gasteiger partial charge in [-0.3, -0.25) is 52.7 Å². The molecule has 1 aliphatic heterocycles. The van der Waals surface area contributed by atoms with Crippen LogP contribution in [0, 0.1) is 21.3 Å². The Morgan fingerprint density at radius 1 is 0.625 bits per heavy atom. The Bertz CT molecular complexity index is 2120. The monoisotopic (exact) mass is 1010 g/mol. The summed E-state index contributed by atoms with van der Waals surface area (Å²) in [4.78, 5) is 154. The molecule has 21 heteroatoms. The summed E-state index contributed by atoms with van der Waals surface area (Å²) in [6.45, 7) is -0.551. The van der Waals surface area contributed by atoms with Gasteiger partial charge >= 0.3 is 29.8 Å². The third-order valence-corrected chi connectivity index (χ3v) is 10.6. The number of hydroxylamine groups is 2. The van der Waals surface area contributed by atoms with E-state index in [0.717, 1.165) is 14.5 Å². The van der Waals surface area contributed by atoms with Crippen molar-refractivity contribution in [3.05, 3.63) is 68.8 Å². The lowest BCUT2D eigenvalue weighted by Crippen LogP contribution is -2.38. The molecule has 0 unspecified atom stereocenters. The predicted molar refractivity (Wildman–Crippen MR) is 227 cm³/mol. The zero-order valence-electron chi connectivity index (χ0n) is 34.5. The Balaban J connectivity index is 1.61. The molecular weight excluding hydrogens is 957 g/mol. The Morgan fingerprint density at radius 2 is 1.12 bits per heavy atom. The Kier molecular flexibility index (Phi) is 20.8. The number of nitrogens with one attached hydrogen (secondary N) is 1. The minimum absolute atomic E-state index is 0.0541. The summed E-state index contributed by atoms with van der Waals surface area (Å²) in [5.74, 6) is -14.5. The molecule has 2 aromatic carbocycles. The van der Waals surface area contributed by atoms with Crippen molar-refractivity contribution in [2.24, 2.45) is 17.8 Å². The van der Waals surface area contributed by atoms with Crippen LogP contribution in [0.1, 0.15) is 115 Å². The first-order chi connectivity index (χ1) is 30.2. The maximum atomic E-state index is 13.3. The van der Waals surface area contributed by atoms with Crippen LogP contribution in [-0.2, 0) is 48.0 Å². The smallest absolute Gasteiger partial charge is 0.363 e. The number of benzene rings is 2. The number of Topliss-reactive ketones (excluding diaryl/α,β-unsaturated/α-hetero) is 3. The van der Waals surface area contributed by atoms with Crippen LogP contribution >= 0.6 is 22.6 Å². The summed E-state index contributed by atoms with van der Waals surface area (Å²) in [6.07, 6.45) is -4.80. The van der Waals surface area contributed by atoms with Crippen molar-refractivity contribution in [1.29, 1.82) is 0 Å². The first-order valence-electron chi connectivity index (χ1n) is 20.1. The lowest BCUT2D eigenvalue weighted by atomic mass is 9.84. The highest BCUT2D eigenvalue weighted by Gasteiger charge is 2.34. The van der Waals surface area contributed by atoms with Gasteiger partial charge < -0.3 is 35.5 Å². The third-order valence-electron chi connectivity index (χ3n) is 9.90. The number of aliphatic carboxylic acids is 4. The molecule has 1 saturated heterocycles. The van der Waals surface area contributed by atoms with Gasteiger partial charge in [0.2, 0.25) is 5.91 Å². The average Bonchev–Trinajstić information content (AvgIpc) is 3.51. The number of unbranched alkanes of at least 4 members (excludes halogenated alkanes) is 1. The van der Waals surface area contributed by atoms with Gasteiger partial charge in [-0.1, -0.05) is 18.2 Å². The van der Waals surface area contributed by atoms with Crippen molar-refractivity contribution in [2.75, 3.05) is 19.6 Å². The van der Waals surface area contributed by atoms with Crippen LogP contribution in [0.15, 0.2) is 48.5 Å². The molecule has 0 spiro atoms. The number of hydrogen-bond donors (Lipinski definition) is 5. The number of carbonyl (C=O) groups is 12. The second kappa shape index (κ2) is 25.7. The fourth-order valence-electron chi connectivity index (χ4n) is 7.03. The molecule has 1 fully saturated rings. The van der Waals surface area contributed by atoms with Gasteiger partial charge in [0.05, 0.1) is 5.56 Å². The fourth-order valence-corrected chi connectivity index (χ4v) is 7.57. The summed E-state index contributed by atoms with van der Waals surface area (Å²) in [5, 5.41) is 41.1. The molecule has 0 radical (unpaired) electrons. The molecule has 1 aliphatic rings. The van der Waals surface area contributed by atoms with Gasteiger partial charge in [-0.25, -0.2) is 4.79 Å². The predicted octanol–water partition coefficient (Wildman–Crippen LogP) is 3.57. The molecule has 4 amide bonds. The van der Waals surface area contributed by atoms with Crippen LogP contribution in [0.4, 0.5) is 0 Å². The highest BCUT2D eigenvalue weighted by molar-refractivity contribution is 14.1. The maximum absolute atomic E-state index is 13.3. The first-order valence-corrected chi connectivity index (χ1v) is 21.2. The van der Waals surface area contributed by atoms with Crippen molar-refractivity contribution < 1.29 is 82.8 Å². The van der Waals surface area contributed by atoms with Gasteiger partial charge in [-0.2, -0.15) is 0 Å².